The number of carbonyl (C=O) groups excluding carboxylic acids is 3. The van der Waals surface area contributed by atoms with Gasteiger partial charge in [-0.15, -0.1) is 0 Å². The third-order valence-electron chi connectivity index (χ3n) is 8.28. The monoisotopic (exact) mass is 583 g/mol. The van der Waals surface area contributed by atoms with E-state index in [-0.39, 0.29) is 30.5 Å². The van der Waals surface area contributed by atoms with E-state index in [1.807, 2.05) is 70.7 Å². The molecule has 0 spiro atoms. The summed E-state index contributed by atoms with van der Waals surface area (Å²) < 4.78 is 0. The van der Waals surface area contributed by atoms with Crippen LogP contribution in [-0.4, -0.2) is 69.0 Å². The number of hydrogen-bond donors (Lipinski definition) is 5. The van der Waals surface area contributed by atoms with Gasteiger partial charge >= 0.3 is 12.0 Å². The standard InChI is InChI=1S/C32H49N5O5/c1-7-8-15-26(31(40)41)34-30(39)28(18-24-22(6)33-25-16-10-9-14-23(24)25)35-29(38)27(17-19(2)3)36-32(42)37-20(4)12-11-13-21(37)5/h9-10,14,16,19-21,26-28,33H,7-8,11-13,15,17-18H2,1-6H3,(H,34,39)(H,35,38)(H,36,42)(H,40,41)/t20-,21+,26-,27+,28-/m1/s1. The Hall–Kier alpha value is -3.56. The minimum Gasteiger partial charge on any atom is -0.480 e. The van der Waals surface area contributed by atoms with Crippen molar-refractivity contribution < 1.29 is 24.3 Å². The molecule has 42 heavy (non-hydrogen) atoms. The first-order valence-electron chi connectivity index (χ1n) is 15.4. The van der Waals surface area contributed by atoms with Gasteiger partial charge in [0.1, 0.15) is 18.1 Å². The fourth-order valence-corrected chi connectivity index (χ4v) is 5.97. The molecule has 0 bridgehead atoms. The molecule has 5 atom stereocenters. The number of H-pyrrole nitrogens is 1. The SMILES string of the molecule is CCCC[C@@H](NC(=O)[C@@H](Cc1c(C)[nH]c2ccccc12)NC(=O)[C@H](CC(C)C)NC(=O)N1[C@H](C)CCC[C@@H]1C)C(=O)O. The lowest BCUT2D eigenvalue weighted by Crippen LogP contribution is -2.59. The number of amides is 4. The van der Waals surface area contributed by atoms with Gasteiger partial charge in [-0.25, -0.2) is 9.59 Å². The van der Waals surface area contributed by atoms with Crippen LogP contribution in [0.25, 0.3) is 10.9 Å². The Morgan fingerprint density at radius 1 is 0.976 bits per heavy atom. The second-order valence-corrected chi connectivity index (χ2v) is 12.2. The van der Waals surface area contributed by atoms with E-state index >= 15 is 0 Å². The van der Waals surface area contributed by atoms with Crippen molar-refractivity contribution >= 4 is 34.7 Å². The zero-order chi connectivity index (χ0) is 31.0. The van der Waals surface area contributed by atoms with Gasteiger partial charge in [0.15, 0.2) is 0 Å². The molecule has 1 aliphatic heterocycles. The van der Waals surface area contributed by atoms with Crippen LogP contribution in [0.4, 0.5) is 4.79 Å². The van der Waals surface area contributed by atoms with E-state index in [4.69, 9.17) is 0 Å². The quantitative estimate of drug-likeness (QED) is 0.233. The van der Waals surface area contributed by atoms with Crippen molar-refractivity contribution in [3.05, 3.63) is 35.5 Å². The highest BCUT2D eigenvalue weighted by molar-refractivity contribution is 5.94. The molecule has 1 aromatic carbocycles. The summed E-state index contributed by atoms with van der Waals surface area (Å²) in [5, 5.41) is 19.2. The lowest BCUT2D eigenvalue weighted by Gasteiger charge is -2.39. The van der Waals surface area contributed by atoms with Crippen LogP contribution >= 0.6 is 0 Å². The van der Waals surface area contributed by atoms with Gasteiger partial charge in [0.25, 0.3) is 0 Å². The number of nitrogens with zero attached hydrogens (tertiary/aromatic N) is 1. The fraction of sp³-hybridized carbons (Fsp3) is 0.625. The molecule has 0 unspecified atom stereocenters. The zero-order valence-corrected chi connectivity index (χ0v) is 26.0. The number of likely N-dealkylation sites (tertiary alicyclic amines) is 1. The van der Waals surface area contributed by atoms with Gasteiger partial charge in [-0.05, 0) is 70.4 Å². The molecule has 232 valence electrons. The van der Waals surface area contributed by atoms with E-state index in [2.05, 4.69) is 20.9 Å². The van der Waals surface area contributed by atoms with E-state index in [0.717, 1.165) is 47.8 Å². The number of para-hydroxylation sites is 1. The van der Waals surface area contributed by atoms with Gasteiger partial charge in [0.2, 0.25) is 11.8 Å². The third kappa shape index (κ3) is 8.49. The van der Waals surface area contributed by atoms with E-state index in [0.29, 0.717) is 19.3 Å². The molecule has 1 aromatic heterocycles. The summed E-state index contributed by atoms with van der Waals surface area (Å²) in [4.78, 5) is 57.9. The van der Waals surface area contributed by atoms with Crippen molar-refractivity contribution in [3.63, 3.8) is 0 Å². The summed E-state index contributed by atoms with van der Waals surface area (Å²) in [6.45, 7) is 11.9. The number of hydrogen-bond acceptors (Lipinski definition) is 4. The van der Waals surface area contributed by atoms with Gasteiger partial charge in [-0.1, -0.05) is 51.8 Å². The maximum absolute atomic E-state index is 13.8. The predicted molar refractivity (Wildman–Crippen MR) is 164 cm³/mol. The van der Waals surface area contributed by atoms with Crippen LogP contribution < -0.4 is 16.0 Å². The van der Waals surface area contributed by atoms with Crippen LogP contribution in [0.15, 0.2) is 24.3 Å². The highest BCUT2D eigenvalue weighted by Crippen LogP contribution is 2.24. The second-order valence-electron chi connectivity index (χ2n) is 12.2. The number of benzene rings is 1. The first kappa shape index (κ1) is 32.9. The molecule has 0 aliphatic carbocycles. The summed E-state index contributed by atoms with van der Waals surface area (Å²) in [6, 6.07) is 4.62. The van der Waals surface area contributed by atoms with Crippen molar-refractivity contribution in [2.24, 2.45) is 5.92 Å². The van der Waals surface area contributed by atoms with Crippen molar-refractivity contribution in [2.75, 3.05) is 0 Å². The van der Waals surface area contributed by atoms with Crippen molar-refractivity contribution in [3.8, 4) is 0 Å². The lowest BCUT2D eigenvalue weighted by atomic mass is 9.97. The number of aromatic amines is 1. The topological polar surface area (TPSA) is 144 Å². The van der Waals surface area contributed by atoms with Gasteiger partial charge < -0.3 is 30.9 Å². The number of carbonyl (C=O) groups is 4. The molecular weight excluding hydrogens is 534 g/mol. The van der Waals surface area contributed by atoms with Crippen LogP contribution in [0.5, 0.6) is 0 Å². The van der Waals surface area contributed by atoms with E-state index in [1.165, 1.54) is 0 Å². The Morgan fingerprint density at radius 2 is 1.60 bits per heavy atom. The number of urea groups is 1. The number of carboxylic acid groups (broad SMARTS) is 1. The highest BCUT2D eigenvalue weighted by Gasteiger charge is 2.34. The number of fused-ring (bicyclic) bond motifs is 1. The fourth-order valence-electron chi connectivity index (χ4n) is 5.97. The van der Waals surface area contributed by atoms with Crippen molar-refractivity contribution in [2.45, 2.75) is 123 Å². The maximum Gasteiger partial charge on any atom is 0.326 e. The third-order valence-corrected chi connectivity index (χ3v) is 8.28. The first-order chi connectivity index (χ1) is 19.9. The largest absolute Gasteiger partial charge is 0.480 e. The molecule has 2 aromatic rings. The summed E-state index contributed by atoms with van der Waals surface area (Å²) in [6.07, 6.45) is 5.16. The van der Waals surface area contributed by atoms with Gasteiger partial charge in [0, 0.05) is 35.1 Å². The van der Waals surface area contributed by atoms with Gasteiger partial charge in [-0.3, -0.25) is 9.59 Å². The molecule has 4 amide bonds. The Balaban J connectivity index is 1.88. The summed E-state index contributed by atoms with van der Waals surface area (Å²) >= 11 is 0. The smallest absolute Gasteiger partial charge is 0.326 e. The molecule has 10 nitrogen and oxygen atoms in total. The number of unbranched alkanes of at least 4 members (excludes halogenated alkanes) is 1. The number of piperidine rings is 1. The Bertz CT molecular complexity index is 1230. The average Bonchev–Trinajstić information content (AvgIpc) is 3.24. The van der Waals surface area contributed by atoms with Crippen molar-refractivity contribution in [1.29, 1.82) is 0 Å². The van der Waals surface area contributed by atoms with Crippen molar-refractivity contribution in [1.82, 2.24) is 25.8 Å². The molecule has 1 fully saturated rings. The Kier molecular flexibility index (Phi) is 11.8. The lowest BCUT2D eigenvalue weighted by molar-refractivity contribution is -0.142. The van der Waals surface area contributed by atoms with Crippen LogP contribution in [0.3, 0.4) is 0 Å². The minimum absolute atomic E-state index is 0.0657. The molecule has 1 saturated heterocycles. The number of aromatic nitrogens is 1. The summed E-state index contributed by atoms with van der Waals surface area (Å²) in [5.41, 5.74) is 2.65. The van der Waals surface area contributed by atoms with Crippen LogP contribution in [0.2, 0.25) is 0 Å². The molecule has 10 heteroatoms. The maximum atomic E-state index is 13.8. The highest BCUT2D eigenvalue weighted by atomic mass is 16.4. The normalized spacial score (nSPS) is 19.3. The molecule has 1 aliphatic rings. The number of nitrogens with one attached hydrogen (secondary N) is 4. The zero-order valence-electron chi connectivity index (χ0n) is 26.0. The first-order valence-corrected chi connectivity index (χ1v) is 15.4. The van der Waals surface area contributed by atoms with Crippen LogP contribution in [0.1, 0.15) is 90.8 Å². The molecule has 3 rings (SSSR count). The summed E-state index contributed by atoms with van der Waals surface area (Å²) in [7, 11) is 0. The predicted octanol–water partition coefficient (Wildman–Crippen LogP) is 4.65. The molecular formula is C32H49N5O5. The second kappa shape index (κ2) is 15.1. The Morgan fingerprint density at radius 3 is 2.21 bits per heavy atom. The molecule has 5 N–H and O–H groups in total. The minimum atomic E-state index is -1.11. The molecule has 0 radical (unpaired) electrons. The summed E-state index contributed by atoms with van der Waals surface area (Å²) in [5.74, 6) is -2.04. The van der Waals surface area contributed by atoms with Crippen LogP contribution in [0, 0.1) is 12.8 Å². The average molecular weight is 584 g/mol. The number of aryl methyl sites for hydroxylation is 1. The van der Waals surface area contributed by atoms with Gasteiger partial charge in [0.05, 0.1) is 0 Å². The molecule has 2 heterocycles. The Labute approximate surface area is 249 Å². The van der Waals surface area contributed by atoms with E-state index in [1.54, 1.807) is 0 Å². The number of aliphatic carboxylic acids is 1. The number of carboxylic acids is 1. The van der Waals surface area contributed by atoms with E-state index < -0.39 is 35.9 Å². The van der Waals surface area contributed by atoms with Gasteiger partial charge in [-0.2, -0.15) is 0 Å². The van der Waals surface area contributed by atoms with Crippen LogP contribution in [-0.2, 0) is 20.8 Å². The van der Waals surface area contributed by atoms with E-state index in [9.17, 15) is 24.3 Å². The number of rotatable bonds is 13. The molecule has 0 saturated carbocycles.